The van der Waals surface area contributed by atoms with Crippen LogP contribution in [0, 0.1) is 0 Å². The van der Waals surface area contributed by atoms with Crippen LogP contribution in [0.5, 0.6) is 0 Å². The molecule has 0 unspecified atom stereocenters. The highest BCUT2D eigenvalue weighted by Gasteiger charge is 2.54. The highest BCUT2D eigenvalue weighted by molar-refractivity contribution is 6.82. The van der Waals surface area contributed by atoms with Gasteiger partial charge >= 0.3 is 0 Å². The first-order valence-electron chi connectivity index (χ1n) is 5.50. The van der Waals surface area contributed by atoms with Gasteiger partial charge in [0, 0.05) is 0 Å². The molecule has 15 heavy (non-hydrogen) atoms. The van der Waals surface area contributed by atoms with Crippen LogP contribution < -0.4 is 0 Å². The molecule has 86 valence electrons. The van der Waals surface area contributed by atoms with E-state index in [2.05, 4.69) is 33.9 Å². The summed E-state index contributed by atoms with van der Waals surface area (Å²) >= 11 is 0. The molecule has 3 heteroatoms. The van der Waals surface area contributed by atoms with Gasteiger partial charge in [0.25, 0.3) is 0 Å². The monoisotopic (exact) mass is 226 g/mol. The predicted molar refractivity (Wildman–Crippen MR) is 65.7 cm³/mol. The van der Waals surface area contributed by atoms with E-state index in [0.717, 1.165) is 0 Å². The van der Waals surface area contributed by atoms with E-state index in [4.69, 9.17) is 4.74 Å². The molecule has 1 rings (SSSR count). The fourth-order valence-corrected chi connectivity index (χ4v) is 3.79. The Bertz CT molecular complexity index is 286. The van der Waals surface area contributed by atoms with E-state index >= 15 is 0 Å². The van der Waals surface area contributed by atoms with Crippen molar-refractivity contribution in [1.82, 2.24) is 0 Å². The van der Waals surface area contributed by atoms with Crippen LogP contribution >= 0.6 is 0 Å². The summed E-state index contributed by atoms with van der Waals surface area (Å²) in [7, 11) is -1.39. The molecule has 1 saturated heterocycles. The maximum absolute atomic E-state index is 10.8. The molecule has 0 aromatic carbocycles. The minimum Gasteiger partial charge on any atom is -0.369 e. The van der Waals surface area contributed by atoms with Crippen molar-refractivity contribution in [2.75, 3.05) is 0 Å². The standard InChI is InChI=1S/C12H22O2Si/c1-9(13)7-8-10-11(14-10)15(5,6)12(2,3)4/h7-8,10-11H,1-6H3/b8-7+/t10-,11-/m1/s1. The molecule has 0 amide bonds. The zero-order valence-corrected chi connectivity index (χ0v) is 11.6. The van der Waals surface area contributed by atoms with Crippen LogP contribution in [0.1, 0.15) is 27.7 Å². The largest absolute Gasteiger partial charge is 0.369 e. The number of ketones is 1. The van der Waals surface area contributed by atoms with Crippen molar-refractivity contribution in [3.63, 3.8) is 0 Å². The number of ether oxygens (including phenoxy) is 1. The lowest BCUT2D eigenvalue weighted by Crippen LogP contribution is -2.44. The van der Waals surface area contributed by atoms with E-state index in [1.165, 1.54) is 0 Å². The third kappa shape index (κ3) is 2.79. The van der Waals surface area contributed by atoms with Gasteiger partial charge in [-0.15, -0.1) is 0 Å². The number of allylic oxidation sites excluding steroid dienone is 1. The molecular weight excluding hydrogens is 204 g/mol. The summed E-state index contributed by atoms with van der Waals surface area (Å²) in [4.78, 5) is 10.8. The van der Waals surface area contributed by atoms with Crippen LogP contribution in [0.4, 0.5) is 0 Å². The van der Waals surface area contributed by atoms with Gasteiger partial charge < -0.3 is 4.74 Å². The van der Waals surface area contributed by atoms with Gasteiger partial charge in [-0.25, -0.2) is 0 Å². The molecule has 0 aliphatic carbocycles. The summed E-state index contributed by atoms with van der Waals surface area (Å²) in [6.07, 6.45) is 3.72. The number of hydrogen-bond donors (Lipinski definition) is 0. The average molecular weight is 226 g/mol. The summed E-state index contributed by atoms with van der Waals surface area (Å²) in [6, 6.07) is 0. The average Bonchev–Trinajstić information content (AvgIpc) is 2.77. The van der Waals surface area contributed by atoms with E-state index < -0.39 is 8.07 Å². The summed E-state index contributed by atoms with van der Waals surface area (Å²) in [5.74, 6) is 0.0967. The third-order valence-corrected chi connectivity index (χ3v) is 9.44. The fraction of sp³-hybridized carbons (Fsp3) is 0.750. The molecule has 0 spiro atoms. The SMILES string of the molecule is CC(=O)/C=C/[C@H]1O[C@@H]1[Si](C)(C)C(C)(C)C. The predicted octanol–water partition coefficient (Wildman–Crippen LogP) is 2.95. The molecule has 0 radical (unpaired) electrons. The summed E-state index contributed by atoms with van der Waals surface area (Å²) < 4.78 is 5.68. The van der Waals surface area contributed by atoms with Gasteiger partial charge in [-0.2, -0.15) is 0 Å². The maximum Gasteiger partial charge on any atom is 0.152 e. The second kappa shape index (κ2) is 3.87. The number of carbonyl (C=O) groups excluding carboxylic acids is 1. The summed E-state index contributed by atoms with van der Waals surface area (Å²) in [5, 5.41) is 0.344. The topological polar surface area (TPSA) is 29.6 Å². The van der Waals surface area contributed by atoms with Crippen molar-refractivity contribution in [3.8, 4) is 0 Å². The maximum atomic E-state index is 10.8. The van der Waals surface area contributed by atoms with E-state index in [-0.39, 0.29) is 11.9 Å². The quantitative estimate of drug-likeness (QED) is 0.421. The van der Waals surface area contributed by atoms with Crippen molar-refractivity contribution < 1.29 is 9.53 Å². The second-order valence-corrected chi connectivity index (χ2v) is 11.5. The Morgan fingerprint density at radius 1 is 1.33 bits per heavy atom. The molecule has 0 N–H and O–H groups in total. The Hall–Kier alpha value is -0.413. The van der Waals surface area contributed by atoms with Crippen LogP contribution in [0.2, 0.25) is 18.1 Å². The third-order valence-electron chi connectivity index (χ3n) is 3.69. The van der Waals surface area contributed by atoms with Crippen LogP contribution in [0.25, 0.3) is 0 Å². The van der Waals surface area contributed by atoms with Crippen molar-refractivity contribution in [2.45, 2.75) is 57.7 Å². The van der Waals surface area contributed by atoms with Crippen LogP contribution in [-0.2, 0) is 9.53 Å². The van der Waals surface area contributed by atoms with Gasteiger partial charge in [-0.3, -0.25) is 4.79 Å². The van der Waals surface area contributed by atoms with E-state index in [9.17, 15) is 4.79 Å². The van der Waals surface area contributed by atoms with E-state index in [0.29, 0.717) is 10.8 Å². The smallest absolute Gasteiger partial charge is 0.152 e. The van der Waals surface area contributed by atoms with E-state index in [1.807, 2.05) is 6.08 Å². The van der Waals surface area contributed by atoms with Gasteiger partial charge in [0.05, 0.1) is 19.9 Å². The lowest BCUT2D eigenvalue weighted by molar-refractivity contribution is -0.112. The Balaban J connectivity index is 2.61. The molecule has 0 bridgehead atoms. The van der Waals surface area contributed by atoms with Crippen molar-refractivity contribution in [1.29, 1.82) is 0 Å². The first-order chi connectivity index (χ1) is 6.66. The molecule has 1 heterocycles. The minimum atomic E-state index is -1.39. The molecule has 1 fully saturated rings. The van der Waals surface area contributed by atoms with Crippen molar-refractivity contribution >= 4 is 13.9 Å². The number of carbonyl (C=O) groups is 1. The highest BCUT2D eigenvalue weighted by Crippen LogP contribution is 2.46. The minimum absolute atomic E-state index is 0.0967. The molecule has 1 aliphatic heterocycles. The Labute approximate surface area is 93.7 Å². The summed E-state index contributed by atoms with van der Waals surface area (Å²) in [5.41, 5.74) is 0.383. The molecule has 2 atom stereocenters. The van der Waals surface area contributed by atoms with Gasteiger partial charge in [-0.1, -0.05) is 39.9 Å². The van der Waals surface area contributed by atoms with E-state index in [1.54, 1.807) is 13.0 Å². The van der Waals surface area contributed by atoms with Crippen LogP contribution in [0.15, 0.2) is 12.2 Å². The number of rotatable bonds is 3. The number of hydrogen-bond acceptors (Lipinski definition) is 2. The van der Waals surface area contributed by atoms with Gasteiger partial charge in [0.2, 0.25) is 0 Å². The number of epoxide rings is 1. The molecule has 2 nitrogen and oxygen atoms in total. The van der Waals surface area contributed by atoms with Crippen LogP contribution in [0.3, 0.4) is 0 Å². The summed E-state index contributed by atoms with van der Waals surface area (Å²) in [6.45, 7) is 13.1. The first-order valence-corrected chi connectivity index (χ1v) is 8.58. The molecule has 0 aromatic rings. The van der Waals surface area contributed by atoms with Crippen molar-refractivity contribution in [3.05, 3.63) is 12.2 Å². The Kier molecular flexibility index (Phi) is 3.26. The molecule has 0 aromatic heterocycles. The lowest BCUT2D eigenvalue weighted by Gasteiger charge is -2.35. The zero-order chi connectivity index (χ0) is 11.9. The zero-order valence-electron chi connectivity index (χ0n) is 10.6. The van der Waals surface area contributed by atoms with Crippen LogP contribution in [-0.4, -0.2) is 25.7 Å². The van der Waals surface area contributed by atoms with Gasteiger partial charge in [-0.05, 0) is 18.0 Å². The fourth-order valence-electron chi connectivity index (χ4n) is 1.51. The highest BCUT2D eigenvalue weighted by atomic mass is 28.3. The molecule has 1 aliphatic rings. The van der Waals surface area contributed by atoms with Crippen molar-refractivity contribution in [2.24, 2.45) is 0 Å². The van der Waals surface area contributed by atoms with Gasteiger partial charge in [0.15, 0.2) is 5.78 Å². The molecule has 0 saturated carbocycles. The normalized spacial score (nSPS) is 27.1. The second-order valence-electron chi connectivity index (χ2n) is 5.96. The Morgan fingerprint density at radius 2 is 1.87 bits per heavy atom. The lowest BCUT2D eigenvalue weighted by atomic mass is 10.2. The molecular formula is C12H22O2Si. The first kappa shape index (κ1) is 12.7. The van der Waals surface area contributed by atoms with Gasteiger partial charge in [0.1, 0.15) is 0 Å². The Morgan fingerprint density at radius 3 is 2.27 bits per heavy atom.